The Morgan fingerprint density at radius 3 is 2.74 bits per heavy atom. The summed E-state index contributed by atoms with van der Waals surface area (Å²) in [6.45, 7) is 2.38. The van der Waals surface area contributed by atoms with Gasteiger partial charge in [-0.3, -0.25) is 0 Å². The van der Waals surface area contributed by atoms with Crippen LogP contribution in [0.3, 0.4) is 0 Å². The van der Waals surface area contributed by atoms with E-state index >= 15 is 0 Å². The smallest absolute Gasteiger partial charge is 0.410 e. The van der Waals surface area contributed by atoms with Gasteiger partial charge < -0.3 is 19.5 Å². The minimum Gasteiger partial charge on any atom is -0.472 e. The fourth-order valence-corrected chi connectivity index (χ4v) is 4.00. The van der Waals surface area contributed by atoms with Crippen LogP contribution in [0.4, 0.5) is 4.79 Å². The molecule has 0 bridgehead atoms. The van der Waals surface area contributed by atoms with Crippen molar-refractivity contribution in [2.45, 2.75) is 12.8 Å². The second kappa shape index (κ2) is 6.97. The van der Waals surface area contributed by atoms with Crippen LogP contribution in [0, 0.1) is 56.7 Å². The quantitative estimate of drug-likeness (QED) is 0.801. The van der Waals surface area contributed by atoms with Crippen molar-refractivity contribution in [3.8, 4) is 18.2 Å². The van der Waals surface area contributed by atoms with E-state index < -0.39 is 29.3 Å². The van der Waals surface area contributed by atoms with E-state index in [-0.39, 0.29) is 25.4 Å². The standard InChI is InChI=1S/C19H17N5O3/c1-2-27-18(25)24-5-3-13-14(7-20)17(23)19(10-21,11-22)16(15(13)8-24)12-4-6-26-9-12/h3-4,6,9,14-16,23H,2,5,8H2,1H3/t14?,15-,16+/m1/s1. The first-order chi connectivity index (χ1) is 13.0. The lowest BCUT2D eigenvalue weighted by atomic mass is 9.54. The van der Waals surface area contributed by atoms with Gasteiger partial charge in [-0.15, -0.1) is 0 Å². The summed E-state index contributed by atoms with van der Waals surface area (Å²) in [4.78, 5) is 13.7. The van der Waals surface area contributed by atoms with Crippen LogP contribution in [0.2, 0.25) is 0 Å². The fraction of sp³-hybridized carbons (Fsp3) is 0.421. The van der Waals surface area contributed by atoms with Crippen LogP contribution in [-0.2, 0) is 4.74 Å². The molecule has 1 N–H and O–H groups in total. The van der Waals surface area contributed by atoms with Gasteiger partial charge in [0.2, 0.25) is 0 Å². The number of hydrogen-bond acceptors (Lipinski definition) is 7. The number of nitrogens with one attached hydrogen (secondary N) is 1. The average Bonchev–Trinajstić information content (AvgIpc) is 3.21. The molecule has 1 amide bonds. The molecule has 1 aliphatic carbocycles. The summed E-state index contributed by atoms with van der Waals surface area (Å²) >= 11 is 0. The molecular weight excluding hydrogens is 346 g/mol. The average molecular weight is 363 g/mol. The summed E-state index contributed by atoms with van der Waals surface area (Å²) in [5, 5.41) is 37.8. The van der Waals surface area contributed by atoms with Gasteiger partial charge in [0, 0.05) is 24.9 Å². The fourth-order valence-electron chi connectivity index (χ4n) is 4.00. The van der Waals surface area contributed by atoms with Crippen LogP contribution in [0.1, 0.15) is 18.4 Å². The van der Waals surface area contributed by atoms with Crippen molar-refractivity contribution in [3.63, 3.8) is 0 Å². The Labute approximate surface area is 156 Å². The lowest BCUT2D eigenvalue weighted by Crippen LogP contribution is -2.53. The number of ether oxygens (including phenoxy) is 1. The number of rotatable bonds is 2. The highest BCUT2D eigenvalue weighted by Crippen LogP contribution is 2.53. The van der Waals surface area contributed by atoms with E-state index in [2.05, 4.69) is 6.07 Å². The first-order valence-electron chi connectivity index (χ1n) is 8.48. The summed E-state index contributed by atoms with van der Waals surface area (Å²) in [6, 6.07) is 7.67. The highest BCUT2D eigenvalue weighted by molar-refractivity contribution is 6.00. The molecule has 0 spiro atoms. The molecule has 3 atom stereocenters. The molecule has 0 saturated heterocycles. The molecule has 2 aliphatic rings. The van der Waals surface area contributed by atoms with Crippen LogP contribution >= 0.6 is 0 Å². The van der Waals surface area contributed by atoms with E-state index in [4.69, 9.17) is 14.6 Å². The Morgan fingerprint density at radius 2 is 2.19 bits per heavy atom. The first kappa shape index (κ1) is 18.2. The van der Waals surface area contributed by atoms with Crippen molar-refractivity contribution < 1.29 is 13.9 Å². The summed E-state index contributed by atoms with van der Waals surface area (Å²) in [7, 11) is 0. The van der Waals surface area contributed by atoms with Crippen molar-refractivity contribution >= 4 is 11.8 Å². The summed E-state index contributed by atoms with van der Waals surface area (Å²) in [5.74, 6) is -2.17. The van der Waals surface area contributed by atoms with Crippen LogP contribution in [0.15, 0.2) is 34.7 Å². The molecule has 3 rings (SSSR count). The van der Waals surface area contributed by atoms with E-state index in [9.17, 15) is 20.6 Å². The Hall–Kier alpha value is -3.57. The van der Waals surface area contributed by atoms with Gasteiger partial charge in [-0.05, 0) is 24.1 Å². The minimum absolute atomic E-state index is 0.192. The van der Waals surface area contributed by atoms with E-state index in [1.165, 1.54) is 17.4 Å². The molecule has 27 heavy (non-hydrogen) atoms. The van der Waals surface area contributed by atoms with Crippen LogP contribution in [0.25, 0.3) is 0 Å². The monoisotopic (exact) mass is 363 g/mol. The highest BCUT2D eigenvalue weighted by atomic mass is 16.6. The van der Waals surface area contributed by atoms with Gasteiger partial charge in [-0.25, -0.2) is 4.79 Å². The van der Waals surface area contributed by atoms with E-state index in [0.29, 0.717) is 11.1 Å². The molecule has 0 radical (unpaired) electrons. The summed E-state index contributed by atoms with van der Waals surface area (Å²) in [6.07, 6.45) is 4.12. The van der Waals surface area contributed by atoms with Gasteiger partial charge in [-0.1, -0.05) is 6.08 Å². The van der Waals surface area contributed by atoms with E-state index in [0.717, 1.165) is 0 Å². The third kappa shape index (κ3) is 2.65. The number of nitriles is 3. The lowest BCUT2D eigenvalue weighted by Gasteiger charge is -2.47. The van der Waals surface area contributed by atoms with E-state index in [1.807, 2.05) is 12.1 Å². The summed E-state index contributed by atoms with van der Waals surface area (Å²) in [5.41, 5.74) is -0.797. The van der Waals surface area contributed by atoms with Crippen molar-refractivity contribution in [1.29, 1.82) is 21.2 Å². The SMILES string of the molecule is CCOC(=O)N1CC=C2C(C#N)C(=N)C(C#N)(C#N)[C@@H](c3ccoc3)[C@@H]2C1. The second-order valence-electron chi connectivity index (χ2n) is 6.46. The van der Waals surface area contributed by atoms with Crippen LogP contribution < -0.4 is 0 Å². The lowest BCUT2D eigenvalue weighted by molar-refractivity contribution is 0.0992. The maximum atomic E-state index is 12.2. The van der Waals surface area contributed by atoms with E-state index in [1.54, 1.807) is 19.1 Å². The molecule has 1 unspecified atom stereocenters. The normalized spacial score (nSPS) is 26.0. The topological polar surface area (TPSA) is 138 Å². The highest BCUT2D eigenvalue weighted by Gasteiger charge is 2.58. The molecule has 1 aromatic rings. The molecule has 8 nitrogen and oxygen atoms in total. The Morgan fingerprint density at radius 1 is 1.44 bits per heavy atom. The number of fused-ring (bicyclic) bond motifs is 1. The van der Waals surface area contributed by atoms with Gasteiger partial charge in [-0.2, -0.15) is 15.8 Å². The number of amides is 1. The van der Waals surface area contributed by atoms with Crippen LogP contribution in [-0.4, -0.2) is 36.4 Å². The molecule has 0 aromatic carbocycles. The molecule has 1 aliphatic heterocycles. The Bertz CT molecular complexity index is 899. The first-order valence-corrected chi connectivity index (χ1v) is 8.48. The summed E-state index contributed by atoms with van der Waals surface area (Å²) < 4.78 is 10.2. The maximum Gasteiger partial charge on any atom is 0.410 e. The third-order valence-corrected chi connectivity index (χ3v) is 5.22. The largest absolute Gasteiger partial charge is 0.472 e. The van der Waals surface area contributed by atoms with Crippen molar-refractivity contribution in [3.05, 3.63) is 35.8 Å². The number of nitrogens with zero attached hydrogens (tertiary/aromatic N) is 4. The van der Waals surface area contributed by atoms with Crippen molar-refractivity contribution in [2.24, 2.45) is 17.3 Å². The van der Waals surface area contributed by atoms with Gasteiger partial charge in [0.25, 0.3) is 0 Å². The molecule has 1 fully saturated rings. The molecule has 1 saturated carbocycles. The number of furan rings is 1. The Kier molecular flexibility index (Phi) is 4.71. The molecule has 1 aromatic heterocycles. The zero-order valence-corrected chi connectivity index (χ0v) is 14.7. The molecular formula is C19H17N5O3. The minimum atomic E-state index is -1.82. The number of carbonyl (C=O) groups excluding carboxylic acids is 1. The predicted molar refractivity (Wildman–Crippen MR) is 92.1 cm³/mol. The van der Waals surface area contributed by atoms with Gasteiger partial charge in [0.15, 0.2) is 5.41 Å². The molecule has 8 heteroatoms. The predicted octanol–water partition coefficient (Wildman–Crippen LogP) is 2.58. The third-order valence-electron chi connectivity index (χ3n) is 5.22. The number of hydrogen-bond donors (Lipinski definition) is 1. The van der Waals surface area contributed by atoms with Crippen molar-refractivity contribution in [2.75, 3.05) is 19.7 Å². The zero-order chi connectivity index (χ0) is 19.6. The molecule has 136 valence electrons. The van der Waals surface area contributed by atoms with Gasteiger partial charge in [0.05, 0.1) is 43.1 Å². The molecule has 2 heterocycles. The van der Waals surface area contributed by atoms with Gasteiger partial charge in [0.1, 0.15) is 5.92 Å². The van der Waals surface area contributed by atoms with Gasteiger partial charge >= 0.3 is 6.09 Å². The maximum absolute atomic E-state index is 12.2. The second-order valence-corrected chi connectivity index (χ2v) is 6.46. The zero-order valence-electron chi connectivity index (χ0n) is 14.7. The van der Waals surface area contributed by atoms with Crippen LogP contribution in [0.5, 0.6) is 0 Å². The number of carbonyl (C=O) groups is 1. The Balaban J connectivity index is 2.15. The van der Waals surface area contributed by atoms with Crippen molar-refractivity contribution in [1.82, 2.24) is 4.90 Å².